The van der Waals surface area contributed by atoms with E-state index in [1.54, 1.807) is 11.8 Å². The number of rotatable bonds is 6. The van der Waals surface area contributed by atoms with Gasteiger partial charge in [-0.25, -0.2) is 9.18 Å². The molecule has 0 aromatic heterocycles. The summed E-state index contributed by atoms with van der Waals surface area (Å²) in [4.78, 5) is 11.4. The van der Waals surface area contributed by atoms with E-state index in [2.05, 4.69) is 10.1 Å². The highest BCUT2D eigenvalue weighted by Crippen LogP contribution is 2.22. The van der Waals surface area contributed by atoms with E-state index in [1.807, 2.05) is 6.26 Å². The van der Waals surface area contributed by atoms with Gasteiger partial charge >= 0.3 is 5.97 Å². The number of benzene rings is 1. The molecule has 0 aliphatic heterocycles. The molecule has 0 heterocycles. The Morgan fingerprint density at radius 3 is 2.89 bits per heavy atom. The van der Waals surface area contributed by atoms with Gasteiger partial charge in [-0.15, -0.1) is 0 Å². The van der Waals surface area contributed by atoms with Crippen LogP contribution < -0.4 is 11.1 Å². The van der Waals surface area contributed by atoms with E-state index in [1.165, 1.54) is 13.2 Å². The molecule has 4 nitrogen and oxygen atoms in total. The summed E-state index contributed by atoms with van der Waals surface area (Å²) in [5, 5.41) is 2.94. The van der Waals surface area contributed by atoms with Crippen molar-refractivity contribution in [1.29, 1.82) is 0 Å². The van der Waals surface area contributed by atoms with E-state index < -0.39 is 11.8 Å². The second-order valence-electron chi connectivity index (χ2n) is 3.68. The van der Waals surface area contributed by atoms with Crippen LogP contribution in [0.25, 0.3) is 0 Å². The van der Waals surface area contributed by atoms with E-state index in [0.717, 1.165) is 18.2 Å². The van der Waals surface area contributed by atoms with Crippen LogP contribution in [0.3, 0.4) is 0 Å². The largest absolute Gasteiger partial charge is 0.465 e. The number of carbonyl (C=O) groups excluding carboxylic acids is 1. The summed E-state index contributed by atoms with van der Waals surface area (Å²) in [7, 11) is 1.26. The van der Waals surface area contributed by atoms with E-state index in [-0.39, 0.29) is 16.9 Å². The van der Waals surface area contributed by atoms with Gasteiger partial charge in [-0.3, -0.25) is 0 Å². The number of carbonyl (C=O) groups is 1. The summed E-state index contributed by atoms with van der Waals surface area (Å²) >= 11 is 1.73. The zero-order chi connectivity index (χ0) is 13.5. The quantitative estimate of drug-likeness (QED) is 0.473. The van der Waals surface area contributed by atoms with Crippen LogP contribution in [0.5, 0.6) is 0 Å². The van der Waals surface area contributed by atoms with Crippen LogP contribution in [-0.4, -0.2) is 31.6 Å². The molecule has 3 N–H and O–H groups in total. The molecule has 0 aliphatic rings. The van der Waals surface area contributed by atoms with Crippen molar-refractivity contribution in [2.24, 2.45) is 0 Å². The molecule has 100 valence electrons. The fourth-order valence-corrected chi connectivity index (χ4v) is 1.88. The Morgan fingerprint density at radius 1 is 1.56 bits per heavy atom. The molecule has 0 radical (unpaired) electrons. The lowest BCUT2D eigenvalue weighted by Gasteiger charge is -2.10. The Hall–Kier alpha value is -1.43. The van der Waals surface area contributed by atoms with Gasteiger partial charge in [-0.1, -0.05) is 0 Å². The van der Waals surface area contributed by atoms with Gasteiger partial charge in [0, 0.05) is 12.2 Å². The highest BCUT2D eigenvalue weighted by molar-refractivity contribution is 7.98. The molecule has 6 heteroatoms. The number of methoxy groups -OCH3 is 1. The van der Waals surface area contributed by atoms with Gasteiger partial charge in [0.1, 0.15) is 5.82 Å². The molecule has 0 saturated heterocycles. The van der Waals surface area contributed by atoms with Crippen LogP contribution in [-0.2, 0) is 4.74 Å². The number of hydrogen-bond acceptors (Lipinski definition) is 5. The van der Waals surface area contributed by atoms with Crippen LogP contribution in [0.2, 0.25) is 0 Å². The molecule has 1 rings (SSSR count). The highest BCUT2D eigenvalue weighted by Gasteiger charge is 2.14. The van der Waals surface area contributed by atoms with Crippen LogP contribution in [0.15, 0.2) is 12.1 Å². The average molecular weight is 272 g/mol. The van der Waals surface area contributed by atoms with Crippen LogP contribution in [0.1, 0.15) is 16.8 Å². The number of halogens is 1. The van der Waals surface area contributed by atoms with Crippen molar-refractivity contribution in [2.45, 2.75) is 6.42 Å². The summed E-state index contributed by atoms with van der Waals surface area (Å²) in [6, 6.07) is 2.51. The Kier molecular flexibility index (Phi) is 5.77. The Morgan fingerprint density at radius 2 is 2.28 bits per heavy atom. The summed E-state index contributed by atoms with van der Waals surface area (Å²) in [5.41, 5.74) is 6.09. The second-order valence-corrected chi connectivity index (χ2v) is 4.67. The summed E-state index contributed by atoms with van der Waals surface area (Å²) in [6.07, 6.45) is 2.93. The number of esters is 1. The van der Waals surface area contributed by atoms with Gasteiger partial charge in [0.15, 0.2) is 0 Å². The minimum absolute atomic E-state index is 0.0778. The van der Waals surface area contributed by atoms with Crippen LogP contribution in [0.4, 0.5) is 15.8 Å². The van der Waals surface area contributed by atoms with Crippen molar-refractivity contribution in [2.75, 3.05) is 36.7 Å². The molecule has 1 aromatic rings. The van der Waals surface area contributed by atoms with Gasteiger partial charge in [0.25, 0.3) is 0 Å². The number of nitrogen functional groups attached to an aromatic ring is 1. The van der Waals surface area contributed by atoms with Crippen molar-refractivity contribution in [3.8, 4) is 0 Å². The molecule has 1 aromatic carbocycles. The fraction of sp³-hybridized carbons (Fsp3) is 0.417. The lowest BCUT2D eigenvalue weighted by atomic mass is 10.1. The predicted molar refractivity (Wildman–Crippen MR) is 73.6 cm³/mol. The molecule has 0 amide bonds. The van der Waals surface area contributed by atoms with Crippen molar-refractivity contribution >= 4 is 29.1 Å². The maximum absolute atomic E-state index is 13.6. The maximum atomic E-state index is 13.6. The van der Waals surface area contributed by atoms with Gasteiger partial charge in [-0.05, 0) is 30.6 Å². The number of hydrogen-bond donors (Lipinski definition) is 2. The van der Waals surface area contributed by atoms with Gasteiger partial charge in [0.05, 0.1) is 18.4 Å². The Bertz CT molecular complexity index is 427. The van der Waals surface area contributed by atoms with Crippen molar-refractivity contribution < 1.29 is 13.9 Å². The molecular weight excluding hydrogens is 255 g/mol. The lowest BCUT2D eigenvalue weighted by Crippen LogP contribution is -2.10. The lowest BCUT2D eigenvalue weighted by molar-refractivity contribution is 0.0602. The molecule has 0 atom stereocenters. The Labute approximate surface area is 110 Å². The first kappa shape index (κ1) is 14.6. The van der Waals surface area contributed by atoms with E-state index in [4.69, 9.17) is 5.73 Å². The Balaban J connectivity index is 2.81. The topological polar surface area (TPSA) is 64.3 Å². The third kappa shape index (κ3) is 3.80. The molecular formula is C12H17FN2O2S. The van der Waals surface area contributed by atoms with E-state index in [9.17, 15) is 9.18 Å². The first-order valence-electron chi connectivity index (χ1n) is 5.50. The normalized spacial score (nSPS) is 10.2. The first-order valence-corrected chi connectivity index (χ1v) is 6.89. The first-order chi connectivity index (χ1) is 8.60. The second kappa shape index (κ2) is 7.10. The smallest absolute Gasteiger partial charge is 0.340 e. The standard InChI is InChI=1S/C12H17FN2O2S/c1-17-12(16)8-6-11(9(13)7-10(8)14)15-4-3-5-18-2/h6-7,15H,3-5,14H2,1-2H3. The molecule has 0 saturated carbocycles. The molecule has 0 spiro atoms. The minimum atomic E-state index is -0.570. The number of nitrogens with two attached hydrogens (primary N) is 1. The van der Waals surface area contributed by atoms with Crippen molar-refractivity contribution in [3.63, 3.8) is 0 Å². The monoisotopic (exact) mass is 272 g/mol. The zero-order valence-corrected chi connectivity index (χ0v) is 11.3. The van der Waals surface area contributed by atoms with Gasteiger partial charge in [0.2, 0.25) is 0 Å². The van der Waals surface area contributed by atoms with Gasteiger partial charge in [-0.2, -0.15) is 11.8 Å². The van der Waals surface area contributed by atoms with Gasteiger partial charge < -0.3 is 15.8 Å². The predicted octanol–water partition coefficient (Wildman–Crippen LogP) is 2.36. The van der Waals surface area contributed by atoms with Crippen molar-refractivity contribution in [3.05, 3.63) is 23.5 Å². The number of anilines is 2. The molecule has 0 bridgehead atoms. The third-order valence-corrected chi connectivity index (χ3v) is 3.08. The summed E-state index contributed by atoms with van der Waals surface area (Å²) in [5.74, 6) is -0.0445. The molecule has 18 heavy (non-hydrogen) atoms. The number of ether oxygens (including phenoxy) is 1. The van der Waals surface area contributed by atoms with Crippen molar-refractivity contribution in [1.82, 2.24) is 0 Å². The SMILES string of the molecule is COC(=O)c1cc(NCCCSC)c(F)cc1N. The molecule has 0 unspecified atom stereocenters. The fourth-order valence-electron chi connectivity index (χ4n) is 1.45. The summed E-state index contributed by atoms with van der Waals surface area (Å²) < 4.78 is 18.2. The maximum Gasteiger partial charge on any atom is 0.340 e. The highest BCUT2D eigenvalue weighted by atomic mass is 32.2. The van der Waals surface area contributed by atoms with Crippen LogP contribution in [0, 0.1) is 5.82 Å². The third-order valence-electron chi connectivity index (χ3n) is 2.39. The minimum Gasteiger partial charge on any atom is -0.465 e. The zero-order valence-electron chi connectivity index (χ0n) is 10.5. The molecule has 0 fully saturated rings. The summed E-state index contributed by atoms with van der Waals surface area (Å²) in [6.45, 7) is 0.641. The molecule has 0 aliphatic carbocycles. The van der Waals surface area contributed by atoms with E-state index in [0.29, 0.717) is 6.54 Å². The van der Waals surface area contributed by atoms with Crippen LogP contribution >= 0.6 is 11.8 Å². The van der Waals surface area contributed by atoms with E-state index >= 15 is 0 Å². The number of thioether (sulfide) groups is 1. The number of nitrogens with one attached hydrogen (secondary N) is 1. The average Bonchev–Trinajstić information content (AvgIpc) is 2.36.